The second-order valence-corrected chi connectivity index (χ2v) is 13.7. The van der Waals surface area contributed by atoms with Crippen LogP contribution in [0.2, 0.25) is 5.02 Å². The SMILES string of the molecule is O=C(O)Nc1ccc(Cl)c(C(NS(=O)(=O)C2CC2)c2cc3cccc(-c4cc(C(CO)C5CC5)ccn4)c3s2)n1. The molecular weight excluding hydrogens is 572 g/mol. The van der Waals surface area contributed by atoms with E-state index in [1.54, 1.807) is 6.20 Å². The van der Waals surface area contributed by atoms with Crippen molar-refractivity contribution in [1.82, 2.24) is 14.7 Å². The van der Waals surface area contributed by atoms with Crippen LogP contribution in [-0.2, 0) is 10.0 Å². The van der Waals surface area contributed by atoms with Crippen LogP contribution in [0, 0.1) is 5.92 Å². The van der Waals surface area contributed by atoms with Gasteiger partial charge in [-0.25, -0.2) is 22.9 Å². The first-order valence-corrected chi connectivity index (χ1v) is 15.7. The van der Waals surface area contributed by atoms with E-state index in [1.165, 1.54) is 23.5 Å². The van der Waals surface area contributed by atoms with Gasteiger partial charge in [-0.1, -0.05) is 29.8 Å². The van der Waals surface area contributed by atoms with Crippen LogP contribution in [0.3, 0.4) is 0 Å². The summed E-state index contributed by atoms with van der Waals surface area (Å²) in [4.78, 5) is 20.9. The summed E-state index contributed by atoms with van der Waals surface area (Å²) in [7, 11) is -3.67. The van der Waals surface area contributed by atoms with Gasteiger partial charge in [0.2, 0.25) is 10.0 Å². The normalized spacial score (nSPS) is 17.1. The van der Waals surface area contributed by atoms with Gasteiger partial charge in [0.1, 0.15) is 5.82 Å². The Morgan fingerprint density at radius 2 is 1.93 bits per heavy atom. The lowest BCUT2D eigenvalue weighted by Crippen LogP contribution is -2.32. The van der Waals surface area contributed by atoms with Gasteiger partial charge in [0.25, 0.3) is 0 Å². The number of nitrogens with one attached hydrogen (secondary N) is 2. The van der Waals surface area contributed by atoms with Crippen molar-refractivity contribution in [3.8, 4) is 11.3 Å². The fraction of sp³-hybridized carbons (Fsp3) is 0.321. The fourth-order valence-electron chi connectivity index (χ4n) is 5.00. The number of thiophene rings is 1. The van der Waals surface area contributed by atoms with E-state index in [0.717, 1.165) is 39.7 Å². The van der Waals surface area contributed by atoms with Gasteiger partial charge < -0.3 is 10.2 Å². The molecule has 2 aliphatic rings. The first kappa shape index (κ1) is 27.1. The van der Waals surface area contributed by atoms with Gasteiger partial charge in [-0.15, -0.1) is 11.3 Å². The Morgan fingerprint density at radius 3 is 2.62 bits per heavy atom. The number of anilines is 1. The monoisotopic (exact) mass is 598 g/mol. The summed E-state index contributed by atoms with van der Waals surface area (Å²) in [5, 5.41) is 22.0. The number of benzene rings is 1. The summed E-state index contributed by atoms with van der Waals surface area (Å²) in [6, 6.07) is 13.7. The van der Waals surface area contributed by atoms with E-state index < -0.39 is 27.4 Å². The van der Waals surface area contributed by atoms with Gasteiger partial charge in [-0.3, -0.25) is 10.3 Å². The molecule has 0 aliphatic heterocycles. The lowest BCUT2D eigenvalue weighted by Gasteiger charge is -2.19. The maximum atomic E-state index is 13.1. The van der Waals surface area contributed by atoms with Crippen molar-refractivity contribution in [2.75, 3.05) is 11.9 Å². The third kappa shape index (κ3) is 5.57. The molecule has 0 spiro atoms. The zero-order valence-corrected chi connectivity index (χ0v) is 23.6. The minimum absolute atomic E-state index is 0.0411. The number of rotatable bonds is 10. The third-order valence-electron chi connectivity index (χ3n) is 7.35. The number of nitrogens with zero attached hydrogens (tertiary/aromatic N) is 2. The summed E-state index contributed by atoms with van der Waals surface area (Å²) in [6.07, 6.45) is 3.87. The Hall–Kier alpha value is -3.09. The second-order valence-electron chi connectivity index (χ2n) is 10.3. The minimum Gasteiger partial charge on any atom is -0.465 e. The van der Waals surface area contributed by atoms with Crippen molar-refractivity contribution >= 4 is 55.0 Å². The molecule has 208 valence electrons. The molecule has 12 heteroatoms. The average Bonchev–Trinajstić information content (AvgIpc) is 3.86. The standard InChI is InChI=1S/C28H27ClN4O5S2/c29-21-8-9-24(32-28(35)36)31-25(21)26(33-40(37,38)18-6-7-18)23-13-17-2-1-3-19(27(17)39-23)22-12-16(10-11-30-22)20(14-34)15-4-5-15/h1-3,8-13,15,18,20,26,33-34H,4-7,14H2,(H,31,32)(H,35,36). The smallest absolute Gasteiger partial charge is 0.410 e. The summed E-state index contributed by atoms with van der Waals surface area (Å²) < 4.78 is 29.9. The van der Waals surface area contributed by atoms with Crippen LogP contribution in [0.5, 0.6) is 0 Å². The number of pyridine rings is 2. The maximum Gasteiger partial charge on any atom is 0.410 e. The number of hydrogen-bond donors (Lipinski definition) is 4. The lowest BCUT2D eigenvalue weighted by molar-refractivity contribution is 0.209. The van der Waals surface area contributed by atoms with Gasteiger partial charge in [-0.05, 0) is 72.9 Å². The quantitative estimate of drug-likeness (QED) is 0.182. The number of fused-ring (bicyclic) bond motifs is 1. The Morgan fingerprint density at radius 1 is 1.12 bits per heavy atom. The molecule has 2 aliphatic carbocycles. The van der Waals surface area contributed by atoms with E-state index in [2.05, 4.69) is 20.0 Å². The number of amides is 1. The molecule has 2 fully saturated rings. The van der Waals surface area contributed by atoms with Crippen molar-refractivity contribution in [2.24, 2.45) is 5.92 Å². The molecule has 0 saturated heterocycles. The number of carboxylic acid groups (broad SMARTS) is 1. The highest BCUT2D eigenvalue weighted by atomic mass is 35.5. The van der Waals surface area contributed by atoms with Crippen LogP contribution in [0.15, 0.2) is 54.7 Å². The van der Waals surface area contributed by atoms with Gasteiger partial charge in [0.15, 0.2) is 0 Å². The fourth-order valence-corrected chi connectivity index (χ4v) is 8.05. The molecule has 1 aromatic carbocycles. The topological polar surface area (TPSA) is 142 Å². The number of sulfonamides is 1. The van der Waals surface area contributed by atoms with E-state index in [9.17, 15) is 23.4 Å². The molecule has 2 unspecified atom stereocenters. The van der Waals surface area contributed by atoms with E-state index >= 15 is 0 Å². The van der Waals surface area contributed by atoms with Crippen LogP contribution in [0.1, 0.15) is 53.8 Å². The molecule has 3 heterocycles. The first-order valence-electron chi connectivity index (χ1n) is 13.0. The highest BCUT2D eigenvalue weighted by Gasteiger charge is 2.39. The average molecular weight is 599 g/mol. The largest absolute Gasteiger partial charge is 0.465 e. The van der Waals surface area contributed by atoms with E-state index in [0.29, 0.717) is 23.6 Å². The van der Waals surface area contributed by atoms with Gasteiger partial charge in [0.05, 0.1) is 34.3 Å². The molecule has 9 nitrogen and oxygen atoms in total. The predicted molar refractivity (Wildman–Crippen MR) is 155 cm³/mol. The van der Waals surface area contributed by atoms with Crippen molar-refractivity contribution in [2.45, 2.75) is 42.9 Å². The molecule has 2 atom stereocenters. The van der Waals surface area contributed by atoms with Crippen LogP contribution >= 0.6 is 22.9 Å². The van der Waals surface area contributed by atoms with Crippen molar-refractivity contribution in [3.05, 3.63) is 75.9 Å². The number of carbonyl (C=O) groups is 1. The minimum atomic E-state index is -3.67. The Balaban J connectivity index is 1.44. The third-order valence-corrected chi connectivity index (χ3v) is 10.8. The molecule has 2 saturated carbocycles. The van der Waals surface area contributed by atoms with Crippen molar-refractivity contribution in [1.29, 1.82) is 0 Å². The summed E-state index contributed by atoms with van der Waals surface area (Å²) in [6.45, 7) is 0.0911. The Labute approximate surface area is 240 Å². The van der Waals surface area contributed by atoms with Gasteiger partial charge in [0, 0.05) is 27.3 Å². The second kappa shape index (κ2) is 10.7. The molecule has 0 bridgehead atoms. The first-order chi connectivity index (χ1) is 19.2. The molecule has 0 radical (unpaired) electrons. The Kier molecular flexibility index (Phi) is 7.26. The Bertz CT molecular complexity index is 1700. The van der Waals surface area contributed by atoms with Crippen molar-refractivity contribution < 1.29 is 23.4 Å². The molecule has 4 aromatic rings. The number of hydrogen-bond acceptors (Lipinski definition) is 7. The number of aromatic nitrogens is 2. The van der Waals surface area contributed by atoms with Crippen molar-refractivity contribution in [3.63, 3.8) is 0 Å². The number of aliphatic hydroxyl groups is 1. The van der Waals surface area contributed by atoms with Crippen LogP contribution in [-0.4, -0.2) is 46.5 Å². The maximum absolute atomic E-state index is 13.1. The summed E-state index contributed by atoms with van der Waals surface area (Å²) in [5.41, 5.74) is 2.93. The van der Waals surface area contributed by atoms with Gasteiger partial charge >= 0.3 is 6.09 Å². The summed E-state index contributed by atoms with van der Waals surface area (Å²) >= 11 is 7.93. The number of halogens is 1. The van der Waals surface area contributed by atoms with Crippen LogP contribution < -0.4 is 10.0 Å². The number of aliphatic hydroxyl groups excluding tert-OH is 1. The van der Waals surface area contributed by atoms with E-state index in [-0.39, 0.29) is 29.1 Å². The van der Waals surface area contributed by atoms with Crippen LogP contribution in [0.25, 0.3) is 21.3 Å². The zero-order valence-electron chi connectivity index (χ0n) is 21.2. The van der Waals surface area contributed by atoms with Gasteiger partial charge in [-0.2, -0.15) is 0 Å². The van der Waals surface area contributed by atoms with Crippen LogP contribution in [0.4, 0.5) is 10.6 Å². The lowest BCUT2D eigenvalue weighted by atomic mass is 9.94. The van der Waals surface area contributed by atoms with E-state index in [1.807, 2.05) is 36.4 Å². The highest BCUT2D eigenvalue weighted by molar-refractivity contribution is 7.90. The molecule has 4 N–H and O–H groups in total. The molecular formula is C28H27ClN4O5S2. The predicted octanol–water partition coefficient (Wildman–Crippen LogP) is 5.76. The molecule has 3 aromatic heterocycles. The summed E-state index contributed by atoms with van der Waals surface area (Å²) in [5.74, 6) is 0.619. The highest BCUT2D eigenvalue weighted by Crippen LogP contribution is 2.44. The zero-order chi connectivity index (χ0) is 28.0. The van der Waals surface area contributed by atoms with E-state index in [4.69, 9.17) is 11.6 Å². The molecule has 1 amide bonds. The molecule has 40 heavy (non-hydrogen) atoms. The molecule has 6 rings (SSSR count).